The van der Waals surface area contributed by atoms with Crippen LogP contribution in [-0.4, -0.2) is 46.8 Å². The van der Waals surface area contributed by atoms with Crippen molar-refractivity contribution in [3.8, 4) is 0 Å². The molecule has 4 nitrogen and oxygen atoms in total. The Hall–Kier alpha value is 2.06. The first-order chi connectivity index (χ1) is 2.00. The van der Waals surface area contributed by atoms with E-state index < -0.39 is 9.05 Å². The Morgan fingerprint density at radius 3 is 0.857 bits per heavy atom. The fourth-order valence-corrected chi connectivity index (χ4v) is 0. The normalized spacial score (nSPS) is 8.57. The van der Waals surface area contributed by atoms with Crippen LogP contribution < -0.4 is 19.2 Å². The smallest absolute Gasteiger partial charge is 0.894 e. The van der Waals surface area contributed by atoms with E-state index in [1.807, 2.05) is 0 Å². The van der Waals surface area contributed by atoms with Gasteiger partial charge in [-0.3, -0.25) is 0 Å². The van der Waals surface area contributed by atoms with Crippen molar-refractivity contribution in [3.05, 3.63) is 0 Å². The van der Waals surface area contributed by atoms with Gasteiger partial charge in [-0.2, -0.15) is 0 Å². The van der Waals surface area contributed by atoms with Gasteiger partial charge in [0.2, 0.25) is 0 Å². The van der Waals surface area contributed by atoms with E-state index in [0.29, 0.717) is 0 Å². The number of rotatable bonds is 0. The molecule has 0 amide bonds. The third-order valence-corrected chi connectivity index (χ3v) is 0. The molecule has 0 spiro atoms. The van der Waals surface area contributed by atoms with Gasteiger partial charge in [-0.05, 0) is 0 Å². The molecule has 0 fully saturated rings. The van der Waals surface area contributed by atoms with Crippen LogP contribution in [0.1, 0.15) is 0 Å². The summed E-state index contributed by atoms with van der Waals surface area (Å²) in [5, 5.41) is 0. The first-order valence-electron chi connectivity index (χ1n) is 0.816. The van der Waals surface area contributed by atoms with Crippen LogP contribution >= 0.6 is 0 Å². The molecule has 0 aromatic carbocycles. The van der Waals surface area contributed by atoms with E-state index in [9.17, 15) is 0 Å². The molecule has 0 saturated heterocycles. The molecule has 32 valence electrons. The maximum atomic E-state index is 8.58. The number of hydrogen-bond donors (Lipinski definition) is 0. The maximum absolute atomic E-state index is 8.58. The minimum Gasteiger partial charge on any atom is -0.894 e. The van der Waals surface area contributed by atoms with E-state index in [4.69, 9.17) is 19.2 Å². The quantitative estimate of drug-likeness (QED) is 0.384. The standard InChI is InChI=1S/Ca.Nb.O4Si/c;;1-5(2,3)4/q+2;+5;-4. The van der Waals surface area contributed by atoms with Crippen molar-refractivity contribution in [3.63, 3.8) is 0 Å². The van der Waals surface area contributed by atoms with Crippen LogP contribution in [0, 0.1) is 0 Å². The summed E-state index contributed by atoms with van der Waals surface area (Å²) in [7, 11) is -5.61. The maximum Gasteiger partial charge on any atom is 5.00 e. The Balaban J connectivity index is -0.0000000800. The van der Waals surface area contributed by atoms with Crippen LogP contribution in [0.3, 0.4) is 0 Å². The van der Waals surface area contributed by atoms with Crippen molar-refractivity contribution in [2.45, 2.75) is 0 Å². The summed E-state index contributed by atoms with van der Waals surface area (Å²) in [6.07, 6.45) is 0. The second-order valence-electron chi connectivity index (χ2n) is 0.500. The summed E-state index contributed by atoms with van der Waals surface area (Å²) in [5.41, 5.74) is 0. The Morgan fingerprint density at radius 1 is 0.857 bits per heavy atom. The van der Waals surface area contributed by atoms with Crippen LogP contribution in [0.4, 0.5) is 0 Å². The average Bonchev–Trinajstić information content (AvgIpc) is 0.722. The first kappa shape index (κ1) is 16.0. The minimum absolute atomic E-state index is 0. The monoisotopic (exact) mass is 225 g/mol. The summed E-state index contributed by atoms with van der Waals surface area (Å²) in [6.45, 7) is 0. The molecule has 0 atom stereocenters. The van der Waals surface area contributed by atoms with Crippen LogP contribution in [0.2, 0.25) is 0 Å². The van der Waals surface area contributed by atoms with Crippen molar-refractivity contribution in [2.75, 3.05) is 0 Å². The van der Waals surface area contributed by atoms with E-state index >= 15 is 0 Å². The molecular formula is CaNbO4Si+3. The fourth-order valence-electron chi connectivity index (χ4n) is 0. The molecule has 0 aromatic heterocycles. The molecule has 7 heavy (non-hydrogen) atoms. The molecule has 0 rings (SSSR count). The third kappa shape index (κ3) is 69.9. The van der Waals surface area contributed by atoms with E-state index in [1.165, 1.54) is 0 Å². The SMILES string of the molecule is [Ca+2].[Nb+5].[O-][Si]([O-])([O-])[O-]. The predicted molar refractivity (Wildman–Crippen MR) is 11.5 cm³/mol. The van der Waals surface area contributed by atoms with E-state index in [1.54, 1.807) is 0 Å². The molecule has 0 radical (unpaired) electrons. The van der Waals surface area contributed by atoms with Crippen LogP contribution in [0.5, 0.6) is 0 Å². The molecule has 0 aliphatic heterocycles. The van der Waals surface area contributed by atoms with Gasteiger partial charge in [0.15, 0.2) is 0 Å². The summed E-state index contributed by atoms with van der Waals surface area (Å²) >= 11 is 0. The van der Waals surface area contributed by atoms with Gasteiger partial charge >= 0.3 is 60.1 Å². The summed E-state index contributed by atoms with van der Waals surface area (Å²) < 4.78 is 0. The van der Waals surface area contributed by atoms with Crippen molar-refractivity contribution >= 4 is 46.8 Å². The molecule has 0 aliphatic rings. The second kappa shape index (κ2) is 6.18. The molecule has 7 heteroatoms. The molecule has 0 aliphatic carbocycles. The van der Waals surface area contributed by atoms with Gasteiger partial charge in [0.05, 0.1) is 0 Å². The van der Waals surface area contributed by atoms with Crippen LogP contribution in [-0.2, 0) is 22.4 Å². The van der Waals surface area contributed by atoms with Crippen molar-refractivity contribution < 1.29 is 41.6 Å². The average molecular weight is 225 g/mol. The van der Waals surface area contributed by atoms with Gasteiger partial charge in [-0.1, -0.05) is 0 Å². The Kier molecular flexibility index (Phi) is 14.2. The number of hydrogen-bond acceptors (Lipinski definition) is 4. The Bertz CT molecular complexity index is 27.2. The molecule has 0 N–H and O–H groups in total. The van der Waals surface area contributed by atoms with E-state index in [2.05, 4.69) is 0 Å². The van der Waals surface area contributed by atoms with Gasteiger partial charge in [-0.25, -0.2) is 0 Å². The van der Waals surface area contributed by atoms with Gasteiger partial charge < -0.3 is 28.2 Å². The summed E-state index contributed by atoms with van der Waals surface area (Å²) in [5.74, 6) is 0. The van der Waals surface area contributed by atoms with Gasteiger partial charge in [0.25, 0.3) is 0 Å². The molecule has 0 bridgehead atoms. The summed E-state index contributed by atoms with van der Waals surface area (Å²) in [6, 6.07) is 0. The van der Waals surface area contributed by atoms with E-state index in [-0.39, 0.29) is 60.1 Å². The zero-order valence-corrected chi connectivity index (χ0v) is 8.69. The summed E-state index contributed by atoms with van der Waals surface area (Å²) in [4.78, 5) is 34.3. The molecule has 0 heterocycles. The zero-order chi connectivity index (χ0) is 4.50. The van der Waals surface area contributed by atoms with Crippen molar-refractivity contribution in [2.24, 2.45) is 0 Å². The molecular weight excluding hydrogens is 225 g/mol. The van der Waals surface area contributed by atoms with Crippen molar-refractivity contribution in [1.29, 1.82) is 0 Å². The topological polar surface area (TPSA) is 92.2 Å². The van der Waals surface area contributed by atoms with Crippen LogP contribution in [0.15, 0.2) is 0 Å². The van der Waals surface area contributed by atoms with Gasteiger partial charge in [0.1, 0.15) is 0 Å². The largest absolute Gasteiger partial charge is 5.00 e. The Labute approximate surface area is 87.2 Å². The fraction of sp³-hybridized carbons (Fsp3) is 0. The van der Waals surface area contributed by atoms with E-state index in [0.717, 1.165) is 0 Å². The third-order valence-electron chi connectivity index (χ3n) is 0. The van der Waals surface area contributed by atoms with Gasteiger partial charge in [0, 0.05) is 0 Å². The molecule has 0 unspecified atom stereocenters. The minimum atomic E-state index is -5.61. The molecule has 0 aromatic rings. The predicted octanol–water partition coefficient (Wildman–Crippen LogP) is -5.52. The van der Waals surface area contributed by atoms with Crippen LogP contribution in [0.25, 0.3) is 0 Å². The van der Waals surface area contributed by atoms with Crippen molar-refractivity contribution in [1.82, 2.24) is 0 Å². The van der Waals surface area contributed by atoms with Gasteiger partial charge in [-0.15, -0.1) is 0 Å². The molecule has 0 saturated carbocycles. The zero-order valence-electron chi connectivity index (χ0n) is 3.29. The Morgan fingerprint density at radius 2 is 0.857 bits per heavy atom. The first-order valence-corrected chi connectivity index (χ1v) is 2.45. The second-order valence-corrected chi connectivity index (χ2v) is 1.50.